The summed E-state index contributed by atoms with van der Waals surface area (Å²) in [5.74, 6) is -0.214. The second kappa shape index (κ2) is 13.3. The minimum atomic E-state index is -4.21. The van der Waals surface area contributed by atoms with Crippen LogP contribution >= 0.6 is 11.3 Å². The Morgan fingerprint density at radius 3 is 2.29 bits per heavy atom. The number of nitrogens with zero attached hydrogens (tertiary/aromatic N) is 2. The van der Waals surface area contributed by atoms with Gasteiger partial charge in [-0.25, -0.2) is 9.71 Å². The molecule has 0 aliphatic carbocycles. The Bertz CT molecular complexity index is 1340. The molecule has 3 aromatic rings. The van der Waals surface area contributed by atoms with Crippen LogP contribution in [-0.2, 0) is 28.0 Å². The zero-order valence-corrected chi connectivity index (χ0v) is 23.1. The van der Waals surface area contributed by atoms with Gasteiger partial charge in [0.2, 0.25) is 0 Å². The van der Waals surface area contributed by atoms with Crippen LogP contribution < -0.4 is 19.1 Å². The number of benzene rings is 2. The predicted molar refractivity (Wildman–Crippen MR) is 142 cm³/mol. The lowest BCUT2D eigenvalue weighted by Crippen LogP contribution is -2.40. The lowest BCUT2D eigenvalue weighted by Gasteiger charge is -2.22. The number of amides is 2. The van der Waals surface area contributed by atoms with E-state index >= 15 is 0 Å². The summed E-state index contributed by atoms with van der Waals surface area (Å²) < 4.78 is 36.1. The standard InChI is InChI=1S/C25H30N4O7S2/c1-17-23(24(30)27-38(32,33)28-36-4)26-22(37-17)16-29(12-8-11-18-9-6-5-7-10-18)25(31)19-13-20(34-2)15-21(14-19)35-3/h5-7,9-10,13-15,28H,8,11-12,16H2,1-4H3,(H,27,30). The lowest BCUT2D eigenvalue weighted by molar-refractivity contribution is 0.0740. The number of hydrogen-bond acceptors (Lipinski definition) is 9. The lowest BCUT2D eigenvalue weighted by atomic mass is 10.1. The molecule has 0 aliphatic rings. The number of ether oxygens (including phenoxy) is 2. The van der Waals surface area contributed by atoms with Crippen LogP contribution in [0.15, 0.2) is 48.5 Å². The van der Waals surface area contributed by atoms with Crippen LogP contribution in [0.2, 0.25) is 0 Å². The Hall–Kier alpha value is -3.52. The number of methoxy groups -OCH3 is 2. The second-order valence-corrected chi connectivity index (χ2v) is 10.8. The van der Waals surface area contributed by atoms with Crippen molar-refractivity contribution in [1.82, 2.24) is 19.5 Å². The van der Waals surface area contributed by atoms with Crippen LogP contribution in [0.3, 0.4) is 0 Å². The van der Waals surface area contributed by atoms with E-state index in [1.165, 1.54) is 25.6 Å². The first-order chi connectivity index (χ1) is 18.2. The largest absolute Gasteiger partial charge is 0.497 e. The number of carbonyl (C=O) groups excluding carboxylic acids is 2. The number of aromatic nitrogens is 1. The van der Waals surface area contributed by atoms with Gasteiger partial charge in [-0.15, -0.1) is 11.3 Å². The van der Waals surface area contributed by atoms with E-state index in [4.69, 9.17) is 9.47 Å². The summed E-state index contributed by atoms with van der Waals surface area (Å²) in [7, 11) is -0.0820. The fourth-order valence-corrected chi connectivity index (χ4v) is 5.23. The molecule has 13 heteroatoms. The number of aryl methyl sites for hydroxylation is 2. The van der Waals surface area contributed by atoms with Crippen molar-refractivity contribution in [3.63, 3.8) is 0 Å². The highest BCUT2D eigenvalue weighted by molar-refractivity contribution is 7.88. The molecule has 0 fully saturated rings. The molecular formula is C25H30N4O7S2. The minimum Gasteiger partial charge on any atom is -0.497 e. The van der Waals surface area contributed by atoms with Crippen molar-refractivity contribution in [3.8, 4) is 11.5 Å². The molecule has 204 valence electrons. The van der Waals surface area contributed by atoms with Gasteiger partial charge in [0.15, 0.2) is 0 Å². The third-order valence-electron chi connectivity index (χ3n) is 5.42. The highest BCUT2D eigenvalue weighted by atomic mass is 32.2. The van der Waals surface area contributed by atoms with Crippen molar-refractivity contribution < 1.29 is 32.3 Å². The SMILES string of the molecule is CONS(=O)(=O)NC(=O)c1nc(CN(CCCc2ccccc2)C(=O)c2cc(OC)cc(OC)c2)sc1C. The maximum atomic E-state index is 13.6. The highest BCUT2D eigenvalue weighted by Crippen LogP contribution is 2.25. The zero-order chi connectivity index (χ0) is 27.7. The van der Waals surface area contributed by atoms with Crippen LogP contribution in [0.1, 0.15) is 42.7 Å². The topological polar surface area (TPSA) is 136 Å². The molecule has 3 rings (SSSR count). The van der Waals surface area contributed by atoms with Crippen molar-refractivity contribution in [1.29, 1.82) is 0 Å². The Kier molecular flexibility index (Phi) is 10.2. The first-order valence-electron chi connectivity index (χ1n) is 11.5. The van der Waals surface area contributed by atoms with Crippen molar-refractivity contribution in [2.45, 2.75) is 26.3 Å². The van der Waals surface area contributed by atoms with E-state index < -0.39 is 16.1 Å². The third kappa shape index (κ3) is 7.99. The van der Waals surface area contributed by atoms with Crippen molar-refractivity contribution in [2.24, 2.45) is 0 Å². The molecule has 0 saturated heterocycles. The summed E-state index contributed by atoms with van der Waals surface area (Å²) in [6.07, 6.45) is 1.45. The maximum absolute atomic E-state index is 13.6. The predicted octanol–water partition coefficient (Wildman–Crippen LogP) is 2.87. The maximum Gasteiger partial charge on any atom is 0.323 e. The smallest absolute Gasteiger partial charge is 0.323 e. The average molecular weight is 563 g/mol. The van der Waals surface area contributed by atoms with Crippen molar-refractivity contribution >= 4 is 33.4 Å². The summed E-state index contributed by atoms with van der Waals surface area (Å²) in [5.41, 5.74) is 1.48. The molecule has 0 atom stereocenters. The molecular weight excluding hydrogens is 532 g/mol. The van der Waals surface area contributed by atoms with Crippen LogP contribution in [0.5, 0.6) is 11.5 Å². The Labute approximate surface area is 225 Å². The van der Waals surface area contributed by atoms with Gasteiger partial charge in [-0.05, 0) is 37.5 Å². The minimum absolute atomic E-state index is 0.0498. The van der Waals surface area contributed by atoms with E-state index in [2.05, 4.69) is 9.82 Å². The number of rotatable bonds is 13. The van der Waals surface area contributed by atoms with E-state index in [1.54, 1.807) is 34.9 Å². The second-order valence-electron chi connectivity index (χ2n) is 8.15. The molecule has 2 amide bonds. The first-order valence-corrected chi connectivity index (χ1v) is 13.8. The summed E-state index contributed by atoms with van der Waals surface area (Å²) in [4.78, 5) is 38.7. The molecule has 38 heavy (non-hydrogen) atoms. The van der Waals surface area contributed by atoms with Gasteiger partial charge in [0.25, 0.3) is 11.8 Å². The van der Waals surface area contributed by atoms with Gasteiger partial charge in [0, 0.05) is 23.1 Å². The molecule has 0 unspecified atom stereocenters. The summed E-state index contributed by atoms with van der Waals surface area (Å²) in [6, 6.07) is 14.9. The number of nitrogens with one attached hydrogen (secondary N) is 2. The quantitative estimate of drug-likeness (QED) is 0.304. The van der Waals surface area contributed by atoms with E-state index in [1.807, 2.05) is 35.1 Å². The molecule has 11 nitrogen and oxygen atoms in total. The number of carbonyl (C=O) groups is 2. The third-order valence-corrected chi connectivity index (χ3v) is 7.22. The Balaban J connectivity index is 1.84. The van der Waals surface area contributed by atoms with Crippen LogP contribution in [0.4, 0.5) is 0 Å². The monoisotopic (exact) mass is 562 g/mol. The number of thiazole rings is 1. The van der Waals surface area contributed by atoms with Crippen LogP contribution in [0, 0.1) is 6.92 Å². The normalized spacial score (nSPS) is 11.2. The fourth-order valence-electron chi connectivity index (χ4n) is 3.68. The summed E-state index contributed by atoms with van der Waals surface area (Å²) >= 11 is 1.21. The molecule has 0 spiro atoms. The van der Waals surface area contributed by atoms with E-state index in [-0.39, 0.29) is 18.1 Å². The van der Waals surface area contributed by atoms with Gasteiger partial charge in [-0.3, -0.25) is 14.4 Å². The summed E-state index contributed by atoms with van der Waals surface area (Å²) in [6.45, 7) is 2.19. The molecule has 0 radical (unpaired) electrons. The molecule has 1 aromatic heterocycles. The molecule has 0 saturated carbocycles. The summed E-state index contributed by atoms with van der Waals surface area (Å²) in [5, 5.41) is 0.479. The number of hydrogen-bond donors (Lipinski definition) is 2. The molecule has 2 N–H and O–H groups in total. The Morgan fingerprint density at radius 1 is 1.03 bits per heavy atom. The average Bonchev–Trinajstić information content (AvgIpc) is 3.27. The van der Waals surface area contributed by atoms with Gasteiger partial charge >= 0.3 is 10.2 Å². The van der Waals surface area contributed by atoms with Gasteiger partial charge in [0.05, 0.1) is 27.9 Å². The van der Waals surface area contributed by atoms with Gasteiger partial charge in [-0.1, -0.05) is 35.2 Å². The molecule has 2 aromatic carbocycles. The molecule has 0 bridgehead atoms. The van der Waals surface area contributed by atoms with Gasteiger partial charge in [-0.2, -0.15) is 8.42 Å². The van der Waals surface area contributed by atoms with E-state index in [0.717, 1.165) is 19.1 Å². The van der Waals surface area contributed by atoms with E-state index in [9.17, 15) is 18.0 Å². The van der Waals surface area contributed by atoms with Gasteiger partial charge < -0.3 is 14.4 Å². The van der Waals surface area contributed by atoms with Crippen LogP contribution in [-0.4, -0.2) is 58.0 Å². The zero-order valence-electron chi connectivity index (χ0n) is 21.5. The fraction of sp³-hybridized carbons (Fsp3) is 0.320. The van der Waals surface area contributed by atoms with E-state index in [0.29, 0.717) is 39.9 Å². The van der Waals surface area contributed by atoms with Gasteiger partial charge in [0.1, 0.15) is 22.2 Å². The molecule has 1 heterocycles. The first kappa shape index (κ1) is 29.0. The van der Waals surface area contributed by atoms with Crippen LogP contribution in [0.25, 0.3) is 0 Å². The Morgan fingerprint density at radius 2 is 1.68 bits per heavy atom. The molecule has 0 aliphatic heterocycles. The highest BCUT2D eigenvalue weighted by Gasteiger charge is 2.24. The van der Waals surface area contributed by atoms with Crippen molar-refractivity contribution in [3.05, 3.63) is 75.2 Å². The van der Waals surface area contributed by atoms with Crippen molar-refractivity contribution in [2.75, 3.05) is 27.9 Å².